The number of carbonyl (C=O) groups excluding carboxylic acids is 1. The van der Waals surface area contributed by atoms with Gasteiger partial charge in [-0.2, -0.15) is 0 Å². The molecule has 1 aromatic carbocycles. The van der Waals surface area contributed by atoms with E-state index in [9.17, 15) is 14.7 Å². The third-order valence-corrected chi connectivity index (χ3v) is 8.27. The van der Waals surface area contributed by atoms with E-state index in [2.05, 4.69) is 27.4 Å². The molecule has 1 amide bonds. The number of nitrogens with one attached hydrogen (secondary N) is 1. The number of hydrogen-bond donors (Lipinski definition) is 3. The van der Waals surface area contributed by atoms with Gasteiger partial charge in [-0.1, -0.05) is 19.1 Å². The first-order chi connectivity index (χ1) is 17.3. The Balaban J connectivity index is 1.41. The fraction of sp³-hybridized carbons (Fsp3) is 0.607. The number of likely N-dealkylation sites (tertiary alicyclic amines) is 2. The lowest BCUT2D eigenvalue weighted by Gasteiger charge is -2.32. The average Bonchev–Trinajstić information content (AvgIpc) is 3.59. The van der Waals surface area contributed by atoms with E-state index < -0.39 is 5.97 Å². The van der Waals surface area contributed by atoms with Crippen molar-refractivity contribution in [2.24, 2.45) is 11.7 Å². The number of carboxylic acids is 1. The summed E-state index contributed by atoms with van der Waals surface area (Å²) in [7, 11) is 0. The van der Waals surface area contributed by atoms with Crippen molar-refractivity contribution in [3.63, 3.8) is 0 Å². The largest absolute Gasteiger partial charge is 0.481 e. The van der Waals surface area contributed by atoms with Gasteiger partial charge in [-0.15, -0.1) is 0 Å². The Labute approximate surface area is 213 Å². The summed E-state index contributed by atoms with van der Waals surface area (Å²) >= 11 is 0. The minimum atomic E-state index is -0.735. The van der Waals surface area contributed by atoms with Crippen molar-refractivity contribution in [1.29, 1.82) is 5.41 Å². The maximum Gasteiger partial charge on any atom is 0.306 e. The van der Waals surface area contributed by atoms with Crippen molar-refractivity contribution in [3.8, 4) is 0 Å². The number of aromatic nitrogens is 1. The number of aryl methyl sites for hydroxylation is 2. The molecule has 0 bridgehead atoms. The Bertz CT molecular complexity index is 1110. The van der Waals surface area contributed by atoms with Gasteiger partial charge in [0.25, 0.3) is 0 Å². The van der Waals surface area contributed by atoms with Crippen molar-refractivity contribution < 1.29 is 14.7 Å². The van der Waals surface area contributed by atoms with Crippen LogP contribution in [0.15, 0.2) is 24.3 Å². The normalized spacial score (nSPS) is 21.3. The highest BCUT2D eigenvalue weighted by Crippen LogP contribution is 2.29. The third kappa shape index (κ3) is 5.43. The van der Waals surface area contributed by atoms with Crippen LogP contribution in [-0.2, 0) is 22.6 Å². The fourth-order valence-corrected chi connectivity index (χ4v) is 6.19. The Morgan fingerprint density at radius 1 is 1.17 bits per heavy atom. The van der Waals surface area contributed by atoms with Gasteiger partial charge in [-0.25, -0.2) is 0 Å². The molecule has 4 rings (SSSR count). The highest BCUT2D eigenvalue weighted by molar-refractivity contribution is 5.98. The van der Waals surface area contributed by atoms with Gasteiger partial charge in [0.1, 0.15) is 5.84 Å². The quantitative estimate of drug-likeness (QED) is 0.324. The summed E-state index contributed by atoms with van der Waals surface area (Å²) in [5, 5.41) is 18.3. The van der Waals surface area contributed by atoms with E-state index in [4.69, 9.17) is 11.1 Å². The van der Waals surface area contributed by atoms with Crippen LogP contribution in [0.3, 0.4) is 0 Å². The van der Waals surface area contributed by atoms with Gasteiger partial charge in [0, 0.05) is 35.9 Å². The molecule has 2 fully saturated rings. The Morgan fingerprint density at radius 2 is 1.94 bits per heavy atom. The number of benzene rings is 1. The number of fused-ring (bicyclic) bond motifs is 1. The number of nitrogen functional groups attached to an aromatic ring is 1. The molecule has 0 saturated carbocycles. The lowest BCUT2D eigenvalue weighted by Crippen LogP contribution is -2.48. The van der Waals surface area contributed by atoms with Gasteiger partial charge in [0.05, 0.1) is 12.0 Å². The van der Waals surface area contributed by atoms with Crippen LogP contribution < -0.4 is 5.73 Å². The van der Waals surface area contributed by atoms with Gasteiger partial charge in [-0.05, 0) is 88.9 Å². The number of nitrogens with zero attached hydrogens (tertiary/aromatic N) is 3. The highest BCUT2D eigenvalue weighted by atomic mass is 16.4. The van der Waals surface area contributed by atoms with Crippen LogP contribution in [0.25, 0.3) is 10.9 Å². The summed E-state index contributed by atoms with van der Waals surface area (Å²) in [5.74, 6) is -0.754. The molecular weight excluding hydrogens is 454 g/mol. The smallest absolute Gasteiger partial charge is 0.306 e. The summed E-state index contributed by atoms with van der Waals surface area (Å²) in [6.07, 6.45) is 7.01. The number of carbonyl (C=O) groups is 2. The lowest BCUT2D eigenvalue weighted by molar-refractivity contribution is -0.142. The second-order valence-electron chi connectivity index (χ2n) is 10.4. The molecule has 196 valence electrons. The molecule has 8 nitrogen and oxygen atoms in total. The Kier molecular flexibility index (Phi) is 8.34. The van der Waals surface area contributed by atoms with Gasteiger partial charge >= 0.3 is 5.97 Å². The summed E-state index contributed by atoms with van der Waals surface area (Å²) in [4.78, 5) is 29.4. The van der Waals surface area contributed by atoms with E-state index in [1.807, 2.05) is 25.1 Å². The fourth-order valence-electron chi connectivity index (χ4n) is 6.19. The van der Waals surface area contributed by atoms with Gasteiger partial charge in [-0.3, -0.25) is 19.9 Å². The second kappa shape index (κ2) is 11.5. The van der Waals surface area contributed by atoms with Crippen molar-refractivity contribution in [2.75, 3.05) is 19.6 Å². The minimum absolute atomic E-state index is 0.0801. The van der Waals surface area contributed by atoms with Gasteiger partial charge in [0.2, 0.25) is 5.91 Å². The molecular formula is C28H41N5O3. The zero-order valence-corrected chi connectivity index (χ0v) is 21.7. The number of amidine groups is 1. The van der Waals surface area contributed by atoms with Gasteiger partial charge in [0.15, 0.2) is 0 Å². The zero-order valence-electron chi connectivity index (χ0n) is 21.7. The molecule has 0 spiro atoms. The number of rotatable bonds is 11. The average molecular weight is 496 g/mol. The van der Waals surface area contributed by atoms with Crippen LogP contribution in [0, 0.1) is 11.3 Å². The van der Waals surface area contributed by atoms with Crippen LogP contribution in [-0.4, -0.2) is 68.9 Å². The van der Waals surface area contributed by atoms with Crippen LogP contribution in [0.2, 0.25) is 0 Å². The van der Waals surface area contributed by atoms with E-state index in [-0.39, 0.29) is 29.7 Å². The predicted molar refractivity (Wildman–Crippen MR) is 142 cm³/mol. The number of aliphatic carboxylic acids is 1. The first-order valence-corrected chi connectivity index (χ1v) is 13.6. The number of hydrogen-bond acceptors (Lipinski definition) is 4. The molecule has 4 N–H and O–H groups in total. The molecule has 8 heteroatoms. The molecule has 3 heterocycles. The number of carboxylic acid groups (broad SMARTS) is 1. The molecule has 2 aliphatic heterocycles. The molecule has 1 unspecified atom stereocenters. The molecule has 2 saturated heterocycles. The van der Waals surface area contributed by atoms with Crippen molar-refractivity contribution in [3.05, 3.63) is 35.5 Å². The van der Waals surface area contributed by atoms with E-state index >= 15 is 0 Å². The van der Waals surface area contributed by atoms with Crippen LogP contribution in [0.4, 0.5) is 0 Å². The van der Waals surface area contributed by atoms with E-state index in [1.54, 1.807) is 0 Å². The second-order valence-corrected chi connectivity index (χ2v) is 10.4. The highest BCUT2D eigenvalue weighted by Gasteiger charge is 2.38. The van der Waals surface area contributed by atoms with Crippen LogP contribution >= 0.6 is 0 Å². The maximum absolute atomic E-state index is 13.6. The molecule has 0 radical (unpaired) electrons. The topological polar surface area (TPSA) is 116 Å². The summed E-state index contributed by atoms with van der Waals surface area (Å²) in [6, 6.07) is 8.31. The van der Waals surface area contributed by atoms with Crippen molar-refractivity contribution in [2.45, 2.75) is 83.8 Å². The summed E-state index contributed by atoms with van der Waals surface area (Å²) in [5.41, 5.74) is 8.81. The number of amides is 1. The molecule has 1 aromatic heterocycles. The minimum Gasteiger partial charge on any atom is -0.481 e. The Hall–Kier alpha value is -2.87. The van der Waals surface area contributed by atoms with Crippen molar-refractivity contribution >= 4 is 28.6 Å². The van der Waals surface area contributed by atoms with E-state index in [0.29, 0.717) is 19.4 Å². The number of nitrogens with two attached hydrogens (primary N) is 1. The predicted octanol–water partition coefficient (Wildman–Crippen LogP) is 3.83. The third-order valence-electron chi connectivity index (χ3n) is 8.27. The lowest BCUT2D eigenvalue weighted by atomic mass is 10.0. The summed E-state index contributed by atoms with van der Waals surface area (Å²) in [6.45, 7) is 7.28. The van der Waals surface area contributed by atoms with Crippen LogP contribution in [0.5, 0.6) is 0 Å². The summed E-state index contributed by atoms with van der Waals surface area (Å²) < 4.78 is 2.30. The molecule has 3 atom stereocenters. The van der Waals surface area contributed by atoms with Crippen LogP contribution in [0.1, 0.15) is 70.1 Å². The SMILES string of the molecule is CCC(CCN1CCC[C@@H]1C(=O)N1CCC[C@H]1CCc1cc2ccc(C(=N)N)cc2n1CC)C(=O)O. The first-order valence-electron chi connectivity index (χ1n) is 13.6. The molecule has 0 aliphatic carbocycles. The molecule has 2 aromatic rings. The van der Waals surface area contributed by atoms with Gasteiger partial charge < -0.3 is 20.3 Å². The van der Waals surface area contributed by atoms with Crippen molar-refractivity contribution in [1.82, 2.24) is 14.4 Å². The molecule has 36 heavy (non-hydrogen) atoms. The first kappa shape index (κ1) is 26.2. The monoisotopic (exact) mass is 495 g/mol. The standard InChI is InChI=1S/C28H41N5O3/c1-3-19(28(35)36)13-16-31-14-6-8-24(31)27(34)33-15-5-7-22(33)11-12-23-17-20-9-10-21(26(29)30)18-25(20)32(23)4-2/h9-10,17-19,22,24H,3-8,11-16H2,1-2H3,(H3,29,30)(H,35,36)/t19?,22-,24+/m0/s1. The maximum atomic E-state index is 13.6. The van der Waals surface area contributed by atoms with E-state index in [1.165, 1.54) is 5.69 Å². The molecule has 2 aliphatic rings. The Morgan fingerprint density at radius 3 is 2.64 bits per heavy atom. The van der Waals surface area contributed by atoms with E-state index in [0.717, 1.165) is 74.6 Å². The zero-order chi connectivity index (χ0) is 25.8.